The number of methoxy groups -OCH3 is 1. The number of aryl methyl sites for hydroxylation is 1. The molecule has 3 aromatic rings. The molecule has 3 rings (SSSR count). The van der Waals surface area contributed by atoms with Gasteiger partial charge in [-0.25, -0.2) is 4.98 Å². The average Bonchev–Trinajstić information content (AvgIpc) is 2.80. The highest BCUT2D eigenvalue weighted by Gasteiger charge is 2.39. The normalized spacial score (nSPS) is 10.9. The van der Waals surface area contributed by atoms with E-state index in [1.165, 1.54) is 61.8 Å². The van der Waals surface area contributed by atoms with E-state index in [0.29, 0.717) is 16.3 Å². The fraction of sp³-hybridized carbons (Fsp3) is 0.130. The summed E-state index contributed by atoms with van der Waals surface area (Å²) in [6, 6.07) is 11.2. The lowest BCUT2D eigenvalue weighted by molar-refractivity contribution is -0.167. The van der Waals surface area contributed by atoms with Crippen molar-refractivity contribution in [1.82, 2.24) is 4.98 Å². The van der Waals surface area contributed by atoms with Crippen molar-refractivity contribution in [3.63, 3.8) is 0 Å². The average molecular weight is 507 g/mol. The van der Waals surface area contributed by atoms with Crippen LogP contribution in [-0.2, 0) is 4.79 Å². The van der Waals surface area contributed by atoms with Gasteiger partial charge in [-0.1, -0.05) is 17.7 Å². The van der Waals surface area contributed by atoms with Crippen molar-refractivity contribution in [3.05, 3.63) is 76.4 Å². The number of carbonyl (C=O) groups excluding carboxylic acids is 3. The van der Waals surface area contributed by atoms with E-state index < -0.39 is 23.9 Å². The molecule has 0 saturated carbocycles. The molecular formula is C23H18ClF3N4O4. The van der Waals surface area contributed by atoms with Gasteiger partial charge < -0.3 is 20.7 Å². The molecule has 1 aromatic heterocycles. The third-order valence-electron chi connectivity index (χ3n) is 4.61. The van der Waals surface area contributed by atoms with E-state index >= 15 is 0 Å². The predicted octanol–water partition coefficient (Wildman–Crippen LogP) is 5.06. The number of anilines is 3. The Balaban J connectivity index is 1.91. The maximum absolute atomic E-state index is 13.0. The van der Waals surface area contributed by atoms with Crippen LogP contribution in [0.5, 0.6) is 5.75 Å². The lowest BCUT2D eigenvalue weighted by Crippen LogP contribution is -2.31. The summed E-state index contributed by atoms with van der Waals surface area (Å²) in [5, 5.41) is 7.12. The lowest BCUT2D eigenvalue weighted by Gasteiger charge is -2.16. The number of amides is 3. The van der Waals surface area contributed by atoms with Crippen LogP contribution >= 0.6 is 11.6 Å². The SMILES string of the molecule is COc1ccc(NC(=O)c2ccc(C)cc2NC(=O)C(F)(F)F)c(C(=O)Nc2ccc(Cl)cn2)c1. The van der Waals surface area contributed by atoms with Gasteiger partial charge in [0.2, 0.25) is 0 Å². The Morgan fingerprint density at radius 3 is 2.23 bits per heavy atom. The van der Waals surface area contributed by atoms with E-state index in [-0.39, 0.29) is 28.3 Å². The molecule has 3 amide bonds. The fourth-order valence-electron chi connectivity index (χ4n) is 2.92. The number of alkyl halides is 3. The van der Waals surface area contributed by atoms with Gasteiger partial charge >= 0.3 is 12.1 Å². The Kier molecular flexibility index (Phi) is 7.60. The summed E-state index contributed by atoms with van der Waals surface area (Å²) in [7, 11) is 1.39. The number of hydrogen-bond acceptors (Lipinski definition) is 5. The number of nitrogens with one attached hydrogen (secondary N) is 3. The molecule has 2 aromatic carbocycles. The van der Waals surface area contributed by atoms with Gasteiger partial charge in [-0.15, -0.1) is 0 Å². The van der Waals surface area contributed by atoms with E-state index in [2.05, 4.69) is 15.6 Å². The number of rotatable bonds is 6. The molecular weight excluding hydrogens is 489 g/mol. The molecule has 0 aliphatic heterocycles. The van der Waals surface area contributed by atoms with Crippen LogP contribution in [0.15, 0.2) is 54.7 Å². The molecule has 0 saturated heterocycles. The summed E-state index contributed by atoms with van der Waals surface area (Å²) < 4.78 is 43.4. The standard InChI is InChI=1S/C23H18ClF3N4O4/c1-12-3-6-15(18(9-12)30-22(34)23(25,26)27)20(32)29-17-7-5-14(35-2)10-16(17)21(33)31-19-8-4-13(24)11-28-19/h3-11H,1-2H3,(H,29,32)(H,30,34)(H,28,31,33). The molecule has 1 heterocycles. The molecule has 0 aliphatic rings. The summed E-state index contributed by atoms with van der Waals surface area (Å²) >= 11 is 5.80. The predicted molar refractivity (Wildman–Crippen MR) is 124 cm³/mol. The van der Waals surface area contributed by atoms with Crippen LogP contribution in [0.4, 0.5) is 30.4 Å². The van der Waals surface area contributed by atoms with Crippen molar-refractivity contribution < 1.29 is 32.3 Å². The van der Waals surface area contributed by atoms with Gasteiger partial charge in [-0.3, -0.25) is 14.4 Å². The van der Waals surface area contributed by atoms with E-state index in [9.17, 15) is 27.6 Å². The van der Waals surface area contributed by atoms with Gasteiger partial charge in [-0.05, 0) is 55.0 Å². The molecule has 0 aliphatic carbocycles. The van der Waals surface area contributed by atoms with Crippen LogP contribution in [-0.4, -0.2) is 36.0 Å². The molecule has 12 heteroatoms. The summed E-state index contributed by atoms with van der Waals surface area (Å²) in [4.78, 5) is 41.3. The number of carbonyl (C=O) groups is 3. The van der Waals surface area contributed by atoms with Gasteiger partial charge in [0.1, 0.15) is 11.6 Å². The van der Waals surface area contributed by atoms with Crippen molar-refractivity contribution >= 4 is 46.5 Å². The number of hydrogen-bond donors (Lipinski definition) is 3. The third-order valence-corrected chi connectivity index (χ3v) is 4.84. The van der Waals surface area contributed by atoms with Crippen LogP contribution < -0.4 is 20.7 Å². The number of pyridine rings is 1. The molecule has 3 N–H and O–H groups in total. The Bertz CT molecular complexity index is 1280. The quantitative estimate of drug-likeness (QED) is 0.433. The molecule has 182 valence electrons. The zero-order valence-electron chi connectivity index (χ0n) is 18.3. The summed E-state index contributed by atoms with van der Waals surface area (Å²) in [6.07, 6.45) is -3.81. The first-order chi connectivity index (χ1) is 16.5. The van der Waals surface area contributed by atoms with Crippen molar-refractivity contribution in [2.45, 2.75) is 13.1 Å². The van der Waals surface area contributed by atoms with Crippen molar-refractivity contribution in [2.24, 2.45) is 0 Å². The van der Waals surface area contributed by atoms with E-state index in [0.717, 1.165) is 0 Å². The zero-order chi connectivity index (χ0) is 25.8. The molecule has 0 unspecified atom stereocenters. The first-order valence-electron chi connectivity index (χ1n) is 9.89. The molecule has 0 spiro atoms. The molecule has 8 nitrogen and oxygen atoms in total. The number of benzene rings is 2. The monoisotopic (exact) mass is 506 g/mol. The van der Waals surface area contributed by atoms with Gasteiger partial charge in [0.25, 0.3) is 11.8 Å². The summed E-state index contributed by atoms with van der Waals surface area (Å²) in [6.45, 7) is 1.58. The highest BCUT2D eigenvalue weighted by Crippen LogP contribution is 2.27. The first-order valence-corrected chi connectivity index (χ1v) is 10.3. The smallest absolute Gasteiger partial charge is 0.471 e. The number of halogens is 4. The first kappa shape index (κ1) is 25.5. The molecule has 0 radical (unpaired) electrons. The second-order valence-corrected chi connectivity index (χ2v) is 7.62. The van der Waals surface area contributed by atoms with Crippen LogP contribution in [0.25, 0.3) is 0 Å². The second kappa shape index (κ2) is 10.4. The van der Waals surface area contributed by atoms with Gasteiger partial charge in [-0.2, -0.15) is 13.2 Å². The largest absolute Gasteiger partial charge is 0.497 e. The minimum Gasteiger partial charge on any atom is -0.497 e. The second-order valence-electron chi connectivity index (χ2n) is 7.18. The van der Waals surface area contributed by atoms with E-state index in [1.807, 2.05) is 0 Å². The van der Waals surface area contributed by atoms with E-state index in [4.69, 9.17) is 16.3 Å². The van der Waals surface area contributed by atoms with Crippen LogP contribution in [0, 0.1) is 6.92 Å². The molecule has 0 fully saturated rings. The third kappa shape index (κ3) is 6.48. The van der Waals surface area contributed by atoms with E-state index in [1.54, 1.807) is 12.2 Å². The molecule has 0 atom stereocenters. The Morgan fingerprint density at radius 1 is 0.886 bits per heavy atom. The van der Waals surface area contributed by atoms with Crippen LogP contribution in [0.2, 0.25) is 5.02 Å². The van der Waals surface area contributed by atoms with Crippen molar-refractivity contribution in [3.8, 4) is 5.75 Å². The number of aromatic nitrogens is 1. The molecule has 35 heavy (non-hydrogen) atoms. The zero-order valence-corrected chi connectivity index (χ0v) is 19.0. The minimum absolute atomic E-state index is 0.0116. The maximum atomic E-state index is 13.0. The Labute approximate surface area is 202 Å². The highest BCUT2D eigenvalue weighted by molar-refractivity contribution is 6.30. The summed E-state index contributed by atoms with van der Waals surface area (Å²) in [5.41, 5.74) is -0.0400. The minimum atomic E-state index is -5.14. The van der Waals surface area contributed by atoms with Gasteiger partial charge in [0, 0.05) is 6.20 Å². The maximum Gasteiger partial charge on any atom is 0.471 e. The molecule has 0 bridgehead atoms. The topological polar surface area (TPSA) is 109 Å². The fourth-order valence-corrected chi connectivity index (χ4v) is 3.03. The number of ether oxygens (including phenoxy) is 1. The van der Waals surface area contributed by atoms with Crippen molar-refractivity contribution in [2.75, 3.05) is 23.1 Å². The van der Waals surface area contributed by atoms with Gasteiger partial charge in [0.15, 0.2) is 0 Å². The summed E-state index contributed by atoms with van der Waals surface area (Å²) in [5.74, 6) is -3.23. The van der Waals surface area contributed by atoms with Gasteiger partial charge in [0.05, 0.1) is 34.6 Å². The Morgan fingerprint density at radius 2 is 1.60 bits per heavy atom. The van der Waals surface area contributed by atoms with Crippen LogP contribution in [0.3, 0.4) is 0 Å². The van der Waals surface area contributed by atoms with Crippen molar-refractivity contribution in [1.29, 1.82) is 0 Å². The van der Waals surface area contributed by atoms with Crippen LogP contribution in [0.1, 0.15) is 26.3 Å². The lowest BCUT2D eigenvalue weighted by atomic mass is 10.1. The highest BCUT2D eigenvalue weighted by atomic mass is 35.5. The number of nitrogens with zero attached hydrogens (tertiary/aromatic N) is 1. The Hall–Kier alpha value is -4.12.